The molecule has 3 aromatic rings. The van der Waals surface area contributed by atoms with Gasteiger partial charge in [0.25, 0.3) is 5.91 Å². The van der Waals surface area contributed by atoms with E-state index in [1.165, 1.54) is 21.8 Å². The van der Waals surface area contributed by atoms with E-state index < -0.39 is 0 Å². The van der Waals surface area contributed by atoms with E-state index in [9.17, 15) is 9.59 Å². The predicted molar refractivity (Wildman–Crippen MR) is 110 cm³/mol. The number of amides is 2. The van der Waals surface area contributed by atoms with Gasteiger partial charge in [-0.2, -0.15) is 0 Å². The highest BCUT2D eigenvalue weighted by Crippen LogP contribution is 2.26. The number of aromatic nitrogens is 2. The highest BCUT2D eigenvalue weighted by atomic mass is 32.1. The number of thiazole rings is 1. The summed E-state index contributed by atoms with van der Waals surface area (Å²) in [5.74, 6) is -0.115. The van der Waals surface area contributed by atoms with Crippen LogP contribution in [0.1, 0.15) is 32.2 Å². The molecule has 0 aliphatic carbocycles. The Hall–Kier alpha value is -2.58. The molecule has 4 heterocycles. The number of nitrogens with zero attached hydrogens (tertiary/aromatic N) is 3. The fourth-order valence-corrected chi connectivity index (χ4v) is 5.04. The Morgan fingerprint density at radius 1 is 1.29 bits per heavy atom. The quantitative estimate of drug-likeness (QED) is 0.698. The van der Waals surface area contributed by atoms with E-state index >= 15 is 0 Å². The summed E-state index contributed by atoms with van der Waals surface area (Å²) < 4.78 is 0. The van der Waals surface area contributed by atoms with Gasteiger partial charge in [0.05, 0.1) is 11.4 Å². The zero-order chi connectivity index (χ0) is 19.5. The second-order valence-corrected chi connectivity index (χ2v) is 8.59. The van der Waals surface area contributed by atoms with Crippen LogP contribution < -0.4 is 5.32 Å². The van der Waals surface area contributed by atoms with Gasteiger partial charge in [0.1, 0.15) is 9.88 Å². The minimum Gasteiger partial charge on any atom is -0.351 e. The zero-order valence-electron chi connectivity index (χ0n) is 15.5. The van der Waals surface area contributed by atoms with Crippen LogP contribution >= 0.6 is 22.7 Å². The number of fused-ring (bicyclic) bond motifs is 1. The van der Waals surface area contributed by atoms with Gasteiger partial charge in [-0.25, -0.2) is 4.98 Å². The van der Waals surface area contributed by atoms with E-state index in [-0.39, 0.29) is 11.8 Å². The maximum Gasteiger partial charge on any atom is 0.263 e. The van der Waals surface area contributed by atoms with Crippen LogP contribution in [0.3, 0.4) is 0 Å². The minimum atomic E-state index is -0.191. The van der Waals surface area contributed by atoms with Crippen LogP contribution in [0.4, 0.5) is 0 Å². The van der Waals surface area contributed by atoms with Crippen molar-refractivity contribution in [3.8, 4) is 10.7 Å². The minimum absolute atomic E-state index is 0.0763. The van der Waals surface area contributed by atoms with Crippen molar-refractivity contribution in [3.63, 3.8) is 0 Å². The molecule has 8 heteroatoms. The normalized spacial score (nSPS) is 13.2. The molecule has 0 saturated heterocycles. The third-order valence-electron chi connectivity index (χ3n) is 4.67. The standard InChI is InChI=1S/C20H20N4O2S2/c1-13-18(28-20(23-13)15-4-2-3-8-21-15)19(26)22-9-5-17(25)24-10-6-16-14(12-24)7-11-27-16/h2-4,7-8,11H,5-6,9-10,12H2,1H3,(H,22,26). The van der Waals surface area contributed by atoms with E-state index in [2.05, 4.69) is 26.7 Å². The molecule has 1 aliphatic heterocycles. The van der Waals surface area contributed by atoms with E-state index in [1.54, 1.807) is 17.5 Å². The van der Waals surface area contributed by atoms with E-state index in [0.29, 0.717) is 30.1 Å². The van der Waals surface area contributed by atoms with Crippen LogP contribution in [0.2, 0.25) is 0 Å². The Labute approximate surface area is 171 Å². The number of thiophene rings is 1. The van der Waals surface area contributed by atoms with Crippen molar-refractivity contribution in [2.24, 2.45) is 0 Å². The van der Waals surface area contributed by atoms with Crippen LogP contribution in [0, 0.1) is 6.92 Å². The lowest BCUT2D eigenvalue weighted by atomic mass is 10.1. The molecule has 144 valence electrons. The van der Waals surface area contributed by atoms with Crippen molar-refractivity contribution in [1.29, 1.82) is 0 Å². The lowest BCUT2D eigenvalue weighted by Gasteiger charge is -2.27. The number of hydrogen-bond acceptors (Lipinski definition) is 6. The van der Waals surface area contributed by atoms with Gasteiger partial charge >= 0.3 is 0 Å². The molecule has 0 bridgehead atoms. The van der Waals surface area contributed by atoms with Crippen LogP contribution in [-0.4, -0.2) is 39.8 Å². The number of aryl methyl sites for hydroxylation is 1. The second kappa shape index (κ2) is 8.20. The molecule has 3 aromatic heterocycles. The number of rotatable bonds is 5. The van der Waals surface area contributed by atoms with Gasteiger partial charge in [-0.1, -0.05) is 6.07 Å². The van der Waals surface area contributed by atoms with Crippen LogP contribution in [0.5, 0.6) is 0 Å². The van der Waals surface area contributed by atoms with Crippen molar-refractivity contribution in [1.82, 2.24) is 20.2 Å². The molecule has 1 N–H and O–H groups in total. The fraction of sp³-hybridized carbons (Fsp3) is 0.300. The molecule has 4 rings (SSSR count). The molecule has 0 unspecified atom stereocenters. The van der Waals surface area contributed by atoms with Gasteiger partial charge in [0, 0.05) is 37.1 Å². The summed E-state index contributed by atoms with van der Waals surface area (Å²) in [5, 5.41) is 5.65. The predicted octanol–water partition coefficient (Wildman–Crippen LogP) is 3.28. The average Bonchev–Trinajstić information content (AvgIpc) is 3.34. The molecule has 28 heavy (non-hydrogen) atoms. The number of pyridine rings is 1. The smallest absolute Gasteiger partial charge is 0.263 e. The summed E-state index contributed by atoms with van der Waals surface area (Å²) in [4.78, 5) is 37.5. The van der Waals surface area contributed by atoms with E-state index in [1.807, 2.05) is 30.0 Å². The Bertz CT molecular complexity index is 997. The lowest BCUT2D eigenvalue weighted by molar-refractivity contribution is -0.131. The largest absolute Gasteiger partial charge is 0.351 e. The molecule has 0 radical (unpaired) electrons. The Morgan fingerprint density at radius 3 is 3.00 bits per heavy atom. The van der Waals surface area contributed by atoms with Gasteiger partial charge in [0.2, 0.25) is 5.91 Å². The van der Waals surface area contributed by atoms with E-state index in [0.717, 1.165) is 23.7 Å². The van der Waals surface area contributed by atoms with E-state index in [4.69, 9.17) is 0 Å². The molecule has 0 atom stereocenters. The topological polar surface area (TPSA) is 75.2 Å². The second-order valence-electron chi connectivity index (χ2n) is 6.59. The summed E-state index contributed by atoms with van der Waals surface area (Å²) in [6.07, 6.45) is 2.93. The van der Waals surface area contributed by atoms with Gasteiger partial charge in [-0.3, -0.25) is 14.6 Å². The molecule has 0 saturated carbocycles. The average molecular weight is 413 g/mol. The Morgan fingerprint density at radius 2 is 2.18 bits per heavy atom. The summed E-state index contributed by atoms with van der Waals surface area (Å²) >= 11 is 3.08. The lowest BCUT2D eigenvalue weighted by Crippen LogP contribution is -2.37. The molecule has 2 amide bonds. The van der Waals surface area contributed by atoms with Gasteiger partial charge in [-0.05, 0) is 42.5 Å². The van der Waals surface area contributed by atoms with Crippen molar-refractivity contribution in [3.05, 3.63) is 56.9 Å². The molecule has 0 aromatic carbocycles. The summed E-state index contributed by atoms with van der Waals surface area (Å²) in [6.45, 7) is 3.56. The maximum absolute atomic E-state index is 12.5. The third kappa shape index (κ3) is 3.98. The summed E-state index contributed by atoms with van der Waals surface area (Å²) in [5.41, 5.74) is 2.68. The SMILES string of the molecule is Cc1nc(-c2ccccn2)sc1C(=O)NCCC(=O)N1CCc2sccc2C1. The van der Waals surface area contributed by atoms with Gasteiger partial charge in [-0.15, -0.1) is 22.7 Å². The molecule has 0 spiro atoms. The van der Waals surface area contributed by atoms with Gasteiger partial charge in [0.15, 0.2) is 0 Å². The summed E-state index contributed by atoms with van der Waals surface area (Å²) in [6, 6.07) is 7.70. The first kappa shape index (κ1) is 18.8. The monoisotopic (exact) mass is 412 g/mol. The third-order valence-corrected chi connectivity index (χ3v) is 6.87. The molecular formula is C20H20N4O2S2. The molecule has 6 nitrogen and oxygen atoms in total. The molecule has 0 fully saturated rings. The summed E-state index contributed by atoms with van der Waals surface area (Å²) in [7, 11) is 0. The molecule has 1 aliphatic rings. The van der Waals surface area contributed by atoms with Crippen LogP contribution in [-0.2, 0) is 17.8 Å². The van der Waals surface area contributed by atoms with Gasteiger partial charge < -0.3 is 10.2 Å². The van der Waals surface area contributed by atoms with Crippen molar-refractivity contribution < 1.29 is 9.59 Å². The number of carbonyl (C=O) groups is 2. The number of carbonyl (C=O) groups excluding carboxylic acids is 2. The first-order valence-corrected chi connectivity index (χ1v) is 10.8. The fourth-order valence-electron chi connectivity index (χ4n) is 3.19. The molecular weight excluding hydrogens is 392 g/mol. The van der Waals surface area contributed by atoms with Crippen molar-refractivity contribution >= 4 is 34.5 Å². The van der Waals surface area contributed by atoms with Crippen LogP contribution in [0.25, 0.3) is 10.7 Å². The Balaban J connectivity index is 1.31. The maximum atomic E-state index is 12.5. The highest BCUT2D eigenvalue weighted by Gasteiger charge is 2.22. The highest BCUT2D eigenvalue weighted by molar-refractivity contribution is 7.17. The Kier molecular flexibility index (Phi) is 5.50. The van der Waals surface area contributed by atoms with Crippen LogP contribution in [0.15, 0.2) is 35.8 Å². The zero-order valence-corrected chi connectivity index (χ0v) is 17.1. The first-order chi connectivity index (χ1) is 13.6. The van der Waals surface area contributed by atoms with Crippen molar-refractivity contribution in [2.75, 3.05) is 13.1 Å². The van der Waals surface area contributed by atoms with Crippen molar-refractivity contribution in [2.45, 2.75) is 26.3 Å². The number of hydrogen-bond donors (Lipinski definition) is 1. The number of nitrogens with one attached hydrogen (secondary N) is 1. The first-order valence-electron chi connectivity index (χ1n) is 9.12.